The van der Waals surface area contributed by atoms with Crippen LogP contribution in [0.4, 0.5) is 5.69 Å². The molecule has 2 aromatic rings. The summed E-state index contributed by atoms with van der Waals surface area (Å²) in [5.74, 6) is -1.44. The first-order valence-electron chi connectivity index (χ1n) is 5.58. The third-order valence-electron chi connectivity index (χ3n) is 2.60. The van der Waals surface area contributed by atoms with Gasteiger partial charge in [0.2, 0.25) is 0 Å². The normalized spacial score (nSPS) is 10.1. The molecule has 0 aliphatic rings. The first kappa shape index (κ1) is 15.0. The second kappa shape index (κ2) is 6.36. The van der Waals surface area contributed by atoms with Crippen molar-refractivity contribution in [1.82, 2.24) is 0 Å². The van der Waals surface area contributed by atoms with Gasteiger partial charge >= 0.3 is 5.97 Å². The number of halogens is 2. The van der Waals surface area contributed by atoms with E-state index in [9.17, 15) is 9.59 Å². The largest absolute Gasteiger partial charge is 0.478 e. The van der Waals surface area contributed by atoms with Crippen LogP contribution in [-0.4, -0.2) is 17.0 Å². The number of carboxylic acids is 1. The maximum absolute atomic E-state index is 12.2. The molecule has 20 heavy (non-hydrogen) atoms. The molecule has 0 saturated heterocycles. The Morgan fingerprint density at radius 2 is 1.70 bits per heavy atom. The number of carbonyl (C=O) groups excluding carboxylic acids is 1. The van der Waals surface area contributed by atoms with Crippen molar-refractivity contribution in [2.24, 2.45) is 0 Å². The van der Waals surface area contributed by atoms with Crippen LogP contribution in [0.2, 0.25) is 0 Å². The second-order valence-corrected chi connectivity index (χ2v) is 5.92. The van der Waals surface area contributed by atoms with Crippen LogP contribution in [0.5, 0.6) is 0 Å². The topological polar surface area (TPSA) is 66.4 Å². The average Bonchev–Trinajstić information content (AvgIpc) is 2.41. The number of carboxylic acid groups (broad SMARTS) is 1. The zero-order chi connectivity index (χ0) is 14.7. The van der Waals surface area contributed by atoms with Gasteiger partial charge in [-0.25, -0.2) is 4.79 Å². The fourth-order valence-corrected chi connectivity index (χ4v) is 2.75. The summed E-state index contributed by atoms with van der Waals surface area (Å²) in [5.41, 5.74) is 0.821. The molecule has 102 valence electrons. The summed E-state index contributed by atoms with van der Waals surface area (Å²) in [6, 6.07) is 11.8. The molecular formula is C14H9BrINO3. The maximum Gasteiger partial charge on any atom is 0.337 e. The van der Waals surface area contributed by atoms with Gasteiger partial charge in [-0.3, -0.25) is 4.79 Å². The molecule has 0 radical (unpaired) electrons. The van der Waals surface area contributed by atoms with Crippen LogP contribution in [0.3, 0.4) is 0 Å². The molecular weight excluding hydrogens is 437 g/mol. The lowest BCUT2D eigenvalue weighted by molar-refractivity contribution is 0.0698. The van der Waals surface area contributed by atoms with Gasteiger partial charge < -0.3 is 10.4 Å². The highest BCUT2D eigenvalue weighted by molar-refractivity contribution is 14.1. The van der Waals surface area contributed by atoms with Crippen LogP contribution >= 0.6 is 38.5 Å². The van der Waals surface area contributed by atoms with Crippen molar-refractivity contribution < 1.29 is 14.7 Å². The minimum atomic E-state index is -1.08. The average molecular weight is 446 g/mol. The Kier molecular flexibility index (Phi) is 4.77. The third kappa shape index (κ3) is 3.18. The van der Waals surface area contributed by atoms with E-state index in [0.29, 0.717) is 19.3 Å². The number of hydrogen-bond acceptors (Lipinski definition) is 2. The van der Waals surface area contributed by atoms with Gasteiger partial charge in [0.15, 0.2) is 0 Å². The molecule has 2 rings (SSSR count). The van der Waals surface area contributed by atoms with Crippen LogP contribution in [0.25, 0.3) is 0 Å². The lowest BCUT2D eigenvalue weighted by atomic mass is 10.1. The monoisotopic (exact) mass is 445 g/mol. The zero-order valence-electron chi connectivity index (χ0n) is 10.1. The Balaban J connectivity index is 2.38. The quantitative estimate of drug-likeness (QED) is 0.701. The Morgan fingerprint density at radius 3 is 2.35 bits per heavy atom. The zero-order valence-corrected chi connectivity index (χ0v) is 13.8. The highest BCUT2D eigenvalue weighted by Crippen LogP contribution is 2.25. The number of nitrogens with one attached hydrogen (secondary N) is 1. The van der Waals surface area contributed by atoms with Crippen LogP contribution in [0.1, 0.15) is 20.7 Å². The number of hydrogen-bond donors (Lipinski definition) is 2. The molecule has 0 aromatic heterocycles. The molecule has 4 nitrogen and oxygen atoms in total. The van der Waals surface area contributed by atoms with E-state index in [-0.39, 0.29) is 11.5 Å². The summed E-state index contributed by atoms with van der Waals surface area (Å²) in [4.78, 5) is 23.4. The molecule has 6 heteroatoms. The molecule has 2 aromatic carbocycles. The summed E-state index contributed by atoms with van der Waals surface area (Å²) in [6.07, 6.45) is 0. The number of aromatic carboxylic acids is 1. The Morgan fingerprint density at radius 1 is 1.05 bits per heavy atom. The van der Waals surface area contributed by atoms with Crippen molar-refractivity contribution in [2.75, 3.05) is 5.32 Å². The number of amides is 1. The van der Waals surface area contributed by atoms with Crippen LogP contribution < -0.4 is 5.32 Å². The smallest absolute Gasteiger partial charge is 0.337 e. The molecule has 0 unspecified atom stereocenters. The van der Waals surface area contributed by atoms with Gasteiger partial charge in [0.25, 0.3) is 5.91 Å². The molecule has 0 aliphatic carbocycles. The molecule has 1 amide bonds. The predicted molar refractivity (Wildman–Crippen MR) is 88.2 cm³/mol. The first-order valence-corrected chi connectivity index (χ1v) is 7.45. The SMILES string of the molecule is O=C(Nc1c(I)cccc1C(=O)O)c1ccccc1Br. The second-order valence-electron chi connectivity index (χ2n) is 3.90. The number of rotatable bonds is 3. The number of carbonyl (C=O) groups is 2. The molecule has 0 aliphatic heterocycles. The van der Waals surface area contributed by atoms with Gasteiger partial charge in [0.1, 0.15) is 0 Å². The lowest BCUT2D eigenvalue weighted by Crippen LogP contribution is -2.16. The van der Waals surface area contributed by atoms with E-state index in [2.05, 4.69) is 21.2 Å². The Bertz CT molecular complexity index is 688. The summed E-state index contributed by atoms with van der Waals surface area (Å²) in [6.45, 7) is 0. The van der Waals surface area contributed by atoms with Gasteiger partial charge in [0.05, 0.1) is 16.8 Å². The van der Waals surface area contributed by atoms with Crippen molar-refractivity contribution in [1.29, 1.82) is 0 Å². The van der Waals surface area contributed by atoms with E-state index in [1.165, 1.54) is 6.07 Å². The lowest BCUT2D eigenvalue weighted by Gasteiger charge is -2.11. The van der Waals surface area contributed by atoms with Crippen molar-refractivity contribution in [2.45, 2.75) is 0 Å². The van der Waals surface area contributed by atoms with Crippen LogP contribution in [0, 0.1) is 3.57 Å². The number of benzene rings is 2. The van der Waals surface area contributed by atoms with Gasteiger partial charge in [-0.15, -0.1) is 0 Å². The number of para-hydroxylation sites is 1. The van der Waals surface area contributed by atoms with Crippen LogP contribution in [0.15, 0.2) is 46.9 Å². The van der Waals surface area contributed by atoms with E-state index in [1.54, 1.807) is 36.4 Å². The van der Waals surface area contributed by atoms with Gasteiger partial charge in [-0.1, -0.05) is 18.2 Å². The van der Waals surface area contributed by atoms with Crippen LogP contribution in [-0.2, 0) is 0 Å². The fourth-order valence-electron chi connectivity index (χ4n) is 1.66. The molecule has 0 atom stereocenters. The first-order chi connectivity index (χ1) is 9.50. The summed E-state index contributed by atoms with van der Waals surface area (Å²) < 4.78 is 1.32. The van der Waals surface area contributed by atoms with Crippen molar-refractivity contribution in [3.8, 4) is 0 Å². The highest BCUT2D eigenvalue weighted by Gasteiger charge is 2.17. The number of anilines is 1. The summed E-state index contributed by atoms with van der Waals surface area (Å²) in [5, 5.41) is 11.8. The highest BCUT2D eigenvalue weighted by atomic mass is 127. The molecule has 0 fully saturated rings. The van der Waals surface area contributed by atoms with Gasteiger partial charge in [-0.2, -0.15) is 0 Å². The molecule has 0 bridgehead atoms. The molecule has 2 N–H and O–H groups in total. The van der Waals surface area contributed by atoms with Crippen molar-refractivity contribution >= 4 is 56.1 Å². The van der Waals surface area contributed by atoms with E-state index >= 15 is 0 Å². The minimum absolute atomic E-state index is 0.0669. The van der Waals surface area contributed by atoms with E-state index in [0.717, 1.165) is 0 Å². The minimum Gasteiger partial charge on any atom is -0.478 e. The maximum atomic E-state index is 12.2. The standard InChI is InChI=1S/C14H9BrINO3/c15-10-6-2-1-4-8(10)13(18)17-12-9(14(19)20)5-3-7-11(12)16/h1-7H,(H,17,18)(H,19,20). The van der Waals surface area contributed by atoms with E-state index in [1.807, 2.05) is 22.6 Å². The fraction of sp³-hybridized carbons (Fsp3) is 0. The molecule has 0 heterocycles. The Labute approximate surface area is 137 Å². The predicted octanol–water partition coefficient (Wildman–Crippen LogP) is 4.00. The van der Waals surface area contributed by atoms with Crippen molar-refractivity contribution in [3.05, 3.63) is 61.6 Å². The molecule has 0 saturated carbocycles. The summed E-state index contributed by atoms with van der Waals surface area (Å²) in [7, 11) is 0. The molecule has 0 spiro atoms. The third-order valence-corrected chi connectivity index (χ3v) is 4.19. The van der Waals surface area contributed by atoms with E-state index in [4.69, 9.17) is 5.11 Å². The summed E-state index contributed by atoms with van der Waals surface area (Å²) >= 11 is 5.29. The van der Waals surface area contributed by atoms with Gasteiger partial charge in [0, 0.05) is 8.04 Å². The van der Waals surface area contributed by atoms with Gasteiger partial charge in [-0.05, 0) is 62.8 Å². The Hall–Kier alpha value is -1.41. The van der Waals surface area contributed by atoms with E-state index < -0.39 is 5.97 Å². The van der Waals surface area contributed by atoms with Crippen molar-refractivity contribution in [3.63, 3.8) is 0 Å².